The summed E-state index contributed by atoms with van der Waals surface area (Å²) in [5, 5.41) is 14.0. The van der Waals surface area contributed by atoms with Gasteiger partial charge in [0.05, 0.1) is 18.9 Å². The Labute approximate surface area is 220 Å². The van der Waals surface area contributed by atoms with Crippen molar-refractivity contribution in [2.75, 3.05) is 7.11 Å². The first-order valence-electron chi connectivity index (χ1n) is 12.6. The minimum absolute atomic E-state index is 0.00320. The summed E-state index contributed by atoms with van der Waals surface area (Å²) in [7, 11) is 1.58. The Bertz CT molecular complexity index is 1420. The highest BCUT2D eigenvalue weighted by atomic mass is 35.5. The third-order valence-electron chi connectivity index (χ3n) is 7.48. The van der Waals surface area contributed by atoms with Crippen LogP contribution in [0, 0.1) is 23.2 Å². The Balaban J connectivity index is 1.29. The van der Waals surface area contributed by atoms with Gasteiger partial charge in [-0.3, -0.25) is 14.4 Å². The molecule has 1 fully saturated rings. The van der Waals surface area contributed by atoms with Crippen LogP contribution >= 0.6 is 11.6 Å². The van der Waals surface area contributed by atoms with Crippen molar-refractivity contribution in [2.24, 2.45) is 11.8 Å². The number of carbonyl (C=O) groups excluding carboxylic acids is 3. The normalized spacial score (nSPS) is 18.2. The zero-order chi connectivity index (χ0) is 26.1. The number of carbonyl (C=O) groups is 3. The maximum absolute atomic E-state index is 13.3. The van der Waals surface area contributed by atoms with E-state index < -0.39 is 17.9 Å². The number of ether oxygens (including phenoxy) is 1. The lowest BCUT2D eigenvalue weighted by Crippen LogP contribution is -2.40. The molecule has 0 spiro atoms. The van der Waals surface area contributed by atoms with Crippen molar-refractivity contribution in [3.63, 3.8) is 0 Å². The molecule has 1 heterocycles. The molecule has 3 unspecified atom stereocenters. The third-order valence-corrected chi connectivity index (χ3v) is 7.83. The van der Waals surface area contributed by atoms with E-state index in [1.54, 1.807) is 25.3 Å². The van der Waals surface area contributed by atoms with Crippen LogP contribution in [-0.4, -0.2) is 35.6 Å². The Morgan fingerprint density at radius 1 is 1.22 bits per heavy atom. The summed E-state index contributed by atoms with van der Waals surface area (Å²) < 4.78 is 5.39. The summed E-state index contributed by atoms with van der Waals surface area (Å²) in [6, 6.07) is 14.0. The van der Waals surface area contributed by atoms with Gasteiger partial charge in [0.25, 0.3) is 0 Å². The molecule has 1 aromatic heterocycles. The van der Waals surface area contributed by atoms with Crippen LogP contribution in [0.4, 0.5) is 0 Å². The van der Waals surface area contributed by atoms with Gasteiger partial charge in [-0.25, -0.2) is 0 Å². The van der Waals surface area contributed by atoms with Crippen LogP contribution in [0.2, 0.25) is 5.02 Å². The number of benzene rings is 2. The van der Waals surface area contributed by atoms with Gasteiger partial charge < -0.3 is 15.0 Å². The molecule has 3 aromatic rings. The van der Waals surface area contributed by atoms with Gasteiger partial charge in [0.15, 0.2) is 5.78 Å². The lowest BCUT2D eigenvalue weighted by Gasteiger charge is -2.20. The fourth-order valence-electron chi connectivity index (χ4n) is 5.32. The van der Waals surface area contributed by atoms with E-state index in [0.717, 1.165) is 34.9 Å². The third kappa shape index (κ3) is 5.26. The Hall–Kier alpha value is -3.63. The molecule has 190 valence electrons. The molecule has 2 aliphatic rings. The van der Waals surface area contributed by atoms with E-state index in [4.69, 9.17) is 16.3 Å². The highest BCUT2D eigenvalue weighted by Gasteiger charge is 2.36. The van der Waals surface area contributed by atoms with E-state index in [1.807, 2.05) is 24.3 Å². The number of aromatic nitrogens is 1. The fourth-order valence-corrected chi connectivity index (χ4v) is 5.56. The SMILES string of the molecule is COc1cccc2[nH]c(C(=O)CC(CC3CC3)C(=O)NC(C#N)CC3C(=O)Cc4c(Cl)cccc43)cc12. The number of hydrogen-bond donors (Lipinski definition) is 2. The summed E-state index contributed by atoms with van der Waals surface area (Å²) in [6.07, 6.45) is 3.13. The molecule has 2 aromatic carbocycles. The van der Waals surface area contributed by atoms with Gasteiger partial charge in [0.1, 0.15) is 17.6 Å². The summed E-state index contributed by atoms with van der Waals surface area (Å²) in [5.41, 5.74) is 2.84. The number of nitrogens with zero attached hydrogens (tertiary/aromatic N) is 1. The van der Waals surface area contributed by atoms with E-state index in [2.05, 4.69) is 16.4 Å². The largest absolute Gasteiger partial charge is 0.496 e. The Kier molecular flexibility index (Phi) is 7.03. The van der Waals surface area contributed by atoms with Gasteiger partial charge in [-0.05, 0) is 54.2 Å². The van der Waals surface area contributed by atoms with Crippen molar-refractivity contribution in [1.82, 2.24) is 10.3 Å². The van der Waals surface area contributed by atoms with Gasteiger partial charge >= 0.3 is 0 Å². The first kappa shape index (κ1) is 25.0. The summed E-state index contributed by atoms with van der Waals surface area (Å²) >= 11 is 6.26. The number of nitrogens with one attached hydrogen (secondary N) is 2. The highest BCUT2D eigenvalue weighted by Crippen LogP contribution is 2.39. The maximum Gasteiger partial charge on any atom is 0.224 e. The van der Waals surface area contributed by atoms with Crippen molar-refractivity contribution in [3.05, 3.63) is 64.3 Å². The molecule has 5 rings (SSSR count). The molecule has 0 aliphatic heterocycles. The molecule has 1 saturated carbocycles. The van der Waals surface area contributed by atoms with E-state index in [-0.39, 0.29) is 36.7 Å². The van der Waals surface area contributed by atoms with Crippen molar-refractivity contribution < 1.29 is 19.1 Å². The number of nitriles is 1. The molecule has 37 heavy (non-hydrogen) atoms. The molecule has 7 nitrogen and oxygen atoms in total. The number of hydrogen-bond acceptors (Lipinski definition) is 5. The standard InChI is InChI=1S/C29H28ClN3O4/c1-37-28-7-3-6-24-22(28)13-25(33-24)27(35)11-17(10-16-8-9-16)29(36)32-18(15-31)12-21-19-4-2-5-23(30)20(19)14-26(21)34/h2-7,13,16-18,21,33H,8-12,14H2,1H3,(H,32,36). The number of fused-ring (bicyclic) bond motifs is 2. The van der Waals surface area contributed by atoms with Gasteiger partial charge in [-0.2, -0.15) is 5.26 Å². The molecular weight excluding hydrogens is 490 g/mol. The van der Waals surface area contributed by atoms with E-state index in [9.17, 15) is 19.6 Å². The number of aromatic amines is 1. The second kappa shape index (κ2) is 10.4. The highest BCUT2D eigenvalue weighted by molar-refractivity contribution is 6.32. The molecule has 3 atom stereocenters. The number of halogens is 1. The number of Topliss-reactive ketones (excluding diaryl/α,β-unsaturated/α-hetero) is 2. The van der Waals surface area contributed by atoms with E-state index in [1.165, 1.54) is 0 Å². The molecule has 2 aliphatic carbocycles. The van der Waals surface area contributed by atoms with Gasteiger partial charge in [-0.15, -0.1) is 0 Å². The molecule has 0 radical (unpaired) electrons. The molecule has 0 saturated heterocycles. The van der Waals surface area contributed by atoms with Crippen LogP contribution in [-0.2, 0) is 16.0 Å². The summed E-state index contributed by atoms with van der Waals surface area (Å²) in [4.78, 5) is 42.4. The quantitative estimate of drug-likeness (QED) is 0.362. The number of methoxy groups -OCH3 is 1. The number of ketones is 2. The van der Waals surface area contributed by atoms with Crippen molar-refractivity contribution in [2.45, 2.75) is 50.5 Å². The van der Waals surface area contributed by atoms with Crippen LogP contribution in [0.3, 0.4) is 0 Å². The smallest absolute Gasteiger partial charge is 0.224 e. The second-order valence-electron chi connectivity index (χ2n) is 10.0. The molecule has 0 bridgehead atoms. The Morgan fingerprint density at radius 2 is 2.00 bits per heavy atom. The summed E-state index contributed by atoms with van der Waals surface area (Å²) in [5.74, 6) is -0.442. The molecule has 1 amide bonds. The predicted octanol–water partition coefficient (Wildman–Crippen LogP) is 5.13. The van der Waals surface area contributed by atoms with Crippen LogP contribution in [0.25, 0.3) is 10.9 Å². The van der Waals surface area contributed by atoms with Crippen molar-refractivity contribution in [3.8, 4) is 11.8 Å². The number of rotatable bonds is 10. The lowest BCUT2D eigenvalue weighted by atomic mass is 9.91. The van der Waals surface area contributed by atoms with Gasteiger partial charge in [-0.1, -0.05) is 42.6 Å². The van der Waals surface area contributed by atoms with Gasteiger partial charge in [0, 0.05) is 40.6 Å². The fraction of sp³-hybridized carbons (Fsp3) is 0.379. The van der Waals surface area contributed by atoms with Crippen LogP contribution in [0.5, 0.6) is 5.75 Å². The van der Waals surface area contributed by atoms with E-state index in [0.29, 0.717) is 28.8 Å². The molecular formula is C29H28ClN3O4. The maximum atomic E-state index is 13.3. The average Bonchev–Trinajstić information content (AvgIpc) is 3.50. The predicted molar refractivity (Wildman–Crippen MR) is 140 cm³/mol. The summed E-state index contributed by atoms with van der Waals surface area (Å²) in [6.45, 7) is 0. The Morgan fingerprint density at radius 3 is 2.73 bits per heavy atom. The lowest BCUT2D eigenvalue weighted by molar-refractivity contribution is -0.126. The minimum atomic E-state index is -0.847. The second-order valence-corrected chi connectivity index (χ2v) is 10.4. The first-order chi connectivity index (χ1) is 17.9. The van der Waals surface area contributed by atoms with Crippen LogP contribution < -0.4 is 10.1 Å². The minimum Gasteiger partial charge on any atom is -0.496 e. The van der Waals surface area contributed by atoms with Crippen LogP contribution in [0.15, 0.2) is 42.5 Å². The van der Waals surface area contributed by atoms with Crippen molar-refractivity contribution >= 4 is 40.0 Å². The van der Waals surface area contributed by atoms with Crippen molar-refractivity contribution in [1.29, 1.82) is 5.26 Å². The topological polar surface area (TPSA) is 112 Å². The van der Waals surface area contributed by atoms with E-state index >= 15 is 0 Å². The van der Waals surface area contributed by atoms with Crippen LogP contribution in [0.1, 0.15) is 59.6 Å². The van der Waals surface area contributed by atoms with Gasteiger partial charge in [0.2, 0.25) is 5.91 Å². The first-order valence-corrected chi connectivity index (χ1v) is 12.9. The molecule has 2 N–H and O–H groups in total. The number of amides is 1. The monoisotopic (exact) mass is 517 g/mol. The molecule has 8 heteroatoms. The number of H-pyrrole nitrogens is 1. The zero-order valence-electron chi connectivity index (χ0n) is 20.6. The average molecular weight is 518 g/mol. The zero-order valence-corrected chi connectivity index (χ0v) is 21.3.